The van der Waals surface area contributed by atoms with Crippen LogP contribution >= 0.6 is 23.2 Å². The van der Waals surface area contributed by atoms with E-state index in [1.165, 1.54) is 16.8 Å². The predicted molar refractivity (Wildman–Crippen MR) is 79.0 cm³/mol. The quantitative estimate of drug-likeness (QED) is 0.734. The molecule has 2 N–H and O–H groups in total. The Labute approximate surface area is 129 Å². The molecule has 0 fully saturated rings. The number of benzene rings is 2. The molecule has 0 unspecified atom stereocenters. The van der Waals surface area contributed by atoms with E-state index in [1.807, 2.05) is 0 Å². The first-order chi connectivity index (χ1) is 10.1. The second-order valence-corrected chi connectivity index (χ2v) is 5.11. The zero-order valence-corrected chi connectivity index (χ0v) is 12.0. The van der Waals surface area contributed by atoms with Gasteiger partial charge in [0.05, 0.1) is 0 Å². The van der Waals surface area contributed by atoms with Crippen LogP contribution in [0, 0.1) is 5.82 Å². The lowest BCUT2D eigenvalue weighted by Gasteiger charge is -2.08. The summed E-state index contributed by atoms with van der Waals surface area (Å²) in [6, 6.07) is 9.14. The summed E-state index contributed by atoms with van der Waals surface area (Å²) in [6.07, 6.45) is 0. The molecule has 2 aromatic carbocycles. The minimum atomic E-state index is -0.538. The summed E-state index contributed by atoms with van der Waals surface area (Å²) < 4.78 is 15.3. The Morgan fingerprint density at radius 3 is 2.48 bits per heavy atom. The van der Waals surface area contributed by atoms with Crippen LogP contribution < -0.4 is 5.73 Å². The Bertz CT molecular complexity index is 752. The lowest BCUT2D eigenvalue weighted by molar-refractivity contribution is 0.608. The van der Waals surface area contributed by atoms with Crippen molar-refractivity contribution < 1.29 is 4.39 Å². The highest BCUT2D eigenvalue weighted by Crippen LogP contribution is 2.28. The molecule has 0 aliphatic rings. The number of tetrazole rings is 1. The van der Waals surface area contributed by atoms with Gasteiger partial charge in [0.1, 0.15) is 11.5 Å². The van der Waals surface area contributed by atoms with Gasteiger partial charge in [0, 0.05) is 21.3 Å². The standard InChI is InChI=1S/C13H8Cl2FN5/c14-7-2-4-12(10(16)5-7)21-13(18-19-20-21)9-3-1-8(15)6-11(9)17/h1-6H,17H2. The number of hydrogen-bond donors (Lipinski definition) is 1. The van der Waals surface area contributed by atoms with Crippen molar-refractivity contribution in [3.05, 3.63) is 52.3 Å². The minimum absolute atomic E-state index is 0.175. The monoisotopic (exact) mass is 323 g/mol. The van der Waals surface area contributed by atoms with Crippen LogP contribution in [-0.4, -0.2) is 20.2 Å². The number of nitrogens with zero attached hydrogens (tertiary/aromatic N) is 4. The Balaban J connectivity index is 2.17. The van der Waals surface area contributed by atoms with Crippen molar-refractivity contribution >= 4 is 28.9 Å². The maximum Gasteiger partial charge on any atom is 0.189 e. The van der Waals surface area contributed by atoms with Gasteiger partial charge in [-0.2, -0.15) is 4.68 Å². The molecule has 1 heterocycles. The molecule has 3 rings (SSSR count). The van der Waals surface area contributed by atoms with Crippen molar-refractivity contribution in [1.82, 2.24) is 20.2 Å². The third-order valence-corrected chi connectivity index (χ3v) is 3.33. The van der Waals surface area contributed by atoms with Gasteiger partial charge in [-0.05, 0) is 46.8 Å². The van der Waals surface area contributed by atoms with Crippen molar-refractivity contribution in [2.24, 2.45) is 0 Å². The first kappa shape index (κ1) is 13.8. The van der Waals surface area contributed by atoms with Crippen LogP contribution in [-0.2, 0) is 0 Å². The molecule has 1 aromatic heterocycles. The number of hydrogen-bond acceptors (Lipinski definition) is 4. The maximum absolute atomic E-state index is 14.0. The smallest absolute Gasteiger partial charge is 0.189 e. The summed E-state index contributed by atoms with van der Waals surface area (Å²) in [4.78, 5) is 0. The average Bonchev–Trinajstić information content (AvgIpc) is 2.87. The van der Waals surface area contributed by atoms with Crippen molar-refractivity contribution in [3.8, 4) is 17.1 Å². The third kappa shape index (κ3) is 2.55. The first-order valence-electron chi connectivity index (χ1n) is 5.85. The molecule has 21 heavy (non-hydrogen) atoms. The highest BCUT2D eigenvalue weighted by molar-refractivity contribution is 6.31. The second kappa shape index (κ2) is 5.31. The van der Waals surface area contributed by atoms with Crippen LogP contribution in [0.1, 0.15) is 0 Å². The van der Waals surface area contributed by atoms with Crippen molar-refractivity contribution in [3.63, 3.8) is 0 Å². The van der Waals surface area contributed by atoms with Crippen molar-refractivity contribution in [2.45, 2.75) is 0 Å². The summed E-state index contributed by atoms with van der Waals surface area (Å²) in [6.45, 7) is 0. The second-order valence-electron chi connectivity index (χ2n) is 4.24. The Hall–Kier alpha value is -2.18. The molecular weight excluding hydrogens is 316 g/mol. The van der Waals surface area contributed by atoms with E-state index in [2.05, 4.69) is 15.5 Å². The van der Waals surface area contributed by atoms with Gasteiger partial charge in [-0.15, -0.1) is 5.10 Å². The van der Waals surface area contributed by atoms with Crippen LogP contribution in [0.4, 0.5) is 10.1 Å². The van der Waals surface area contributed by atoms with Gasteiger partial charge in [-0.25, -0.2) is 4.39 Å². The number of nitrogens with two attached hydrogens (primary N) is 1. The van der Waals surface area contributed by atoms with Gasteiger partial charge < -0.3 is 5.73 Å². The van der Waals surface area contributed by atoms with E-state index in [0.717, 1.165) is 0 Å². The largest absolute Gasteiger partial charge is 0.398 e. The third-order valence-electron chi connectivity index (χ3n) is 2.86. The molecular formula is C13H8Cl2FN5. The molecule has 0 spiro atoms. The van der Waals surface area contributed by atoms with Gasteiger partial charge in [0.25, 0.3) is 0 Å². The fourth-order valence-corrected chi connectivity index (χ4v) is 2.25. The molecule has 0 saturated heterocycles. The predicted octanol–water partition coefficient (Wildman–Crippen LogP) is 3.36. The molecule has 5 nitrogen and oxygen atoms in total. The zero-order chi connectivity index (χ0) is 15.0. The van der Waals surface area contributed by atoms with E-state index in [4.69, 9.17) is 28.9 Å². The number of anilines is 1. The average molecular weight is 324 g/mol. The maximum atomic E-state index is 14.0. The fraction of sp³-hybridized carbons (Fsp3) is 0. The van der Waals surface area contributed by atoms with Crippen LogP contribution in [0.25, 0.3) is 17.1 Å². The molecule has 0 atom stereocenters. The molecule has 8 heteroatoms. The van der Waals surface area contributed by atoms with Gasteiger partial charge in [0.15, 0.2) is 5.82 Å². The SMILES string of the molecule is Nc1cc(Cl)ccc1-c1nnnn1-c1ccc(Cl)cc1F. The lowest BCUT2D eigenvalue weighted by atomic mass is 10.1. The number of halogens is 3. The summed E-state index contributed by atoms with van der Waals surface area (Å²) in [5.74, 6) is -0.228. The molecule has 0 aliphatic carbocycles. The van der Waals surface area contributed by atoms with Crippen LogP contribution in [0.5, 0.6) is 0 Å². The van der Waals surface area contributed by atoms with Gasteiger partial charge in [-0.3, -0.25) is 0 Å². The Morgan fingerprint density at radius 1 is 1.05 bits per heavy atom. The van der Waals surface area contributed by atoms with E-state index in [0.29, 0.717) is 22.1 Å². The lowest BCUT2D eigenvalue weighted by Crippen LogP contribution is -2.04. The normalized spacial score (nSPS) is 10.8. The number of nitrogen functional groups attached to an aromatic ring is 1. The fourth-order valence-electron chi connectivity index (χ4n) is 1.91. The molecule has 0 amide bonds. The van der Waals surface area contributed by atoms with Crippen LogP contribution in [0.2, 0.25) is 10.0 Å². The first-order valence-corrected chi connectivity index (χ1v) is 6.61. The summed E-state index contributed by atoms with van der Waals surface area (Å²) in [5.41, 5.74) is 7.04. The van der Waals surface area contributed by atoms with Gasteiger partial charge in [-0.1, -0.05) is 23.2 Å². The molecule has 0 radical (unpaired) electrons. The van der Waals surface area contributed by atoms with Crippen molar-refractivity contribution in [1.29, 1.82) is 0 Å². The molecule has 3 aromatic rings. The summed E-state index contributed by atoms with van der Waals surface area (Å²) in [7, 11) is 0. The van der Waals surface area contributed by atoms with Crippen LogP contribution in [0.3, 0.4) is 0 Å². The Morgan fingerprint density at radius 2 is 1.76 bits per heavy atom. The Kier molecular flexibility index (Phi) is 3.48. The zero-order valence-electron chi connectivity index (χ0n) is 10.5. The van der Waals surface area contributed by atoms with E-state index in [9.17, 15) is 4.39 Å². The summed E-state index contributed by atoms with van der Waals surface area (Å²) in [5, 5.41) is 12.1. The summed E-state index contributed by atoms with van der Waals surface area (Å²) >= 11 is 11.6. The van der Waals surface area contributed by atoms with E-state index in [-0.39, 0.29) is 10.7 Å². The van der Waals surface area contributed by atoms with Crippen LogP contribution in [0.15, 0.2) is 36.4 Å². The minimum Gasteiger partial charge on any atom is -0.398 e. The number of aromatic nitrogens is 4. The molecule has 106 valence electrons. The van der Waals surface area contributed by atoms with Gasteiger partial charge >= 0.3 is 0 Å². The van der Waals surface area contributed by atoms with E-state index < -0.39 is 5.82 Å². The van der Waals surface area contributed by atoms with Gasteiger partial charge in [0.2, 0.25) is 0 Å². The van der Waals surface area contributed by atoms with E-state index >= 15 is 0 Å². The van der Waals surface area contributed by atoms with E-state index in [1.54, 1.807) is 24.3 Å². The number of rotatable bonds is 2. The molecule has 0 bridgehead atoms. The highest BCUT2D eigenvalue weighted by Gasteiger charge is 2.16. The highest BCUT2D eigenvalue weighted by atomic mass is 35.5. The molecule has 0 aliphatic heterocycles. The topological polar surface area (TPSA) is 69.6 Å². The van der Waals surface area contributed by atoms with Crippen molar-refractivity contribution in [2.75, 3.05) is 5.73 Å². The molecule has 0 saturated carbocycles.